The minimum absolute atomic E-state index is 0.0582. The van der Waals surface area contributed by atoms with Crippen molar-refractivity contribution in [1.82, 2.24) is 4.90 Å². The van der Waals surface area contributed by atoms with E-state index < -0.39 is 9.75 Å². The monoisotopic (exact) mass is 325 g/mol. The minimum atomic E-state index is -0.912. The second-order valence-corrected chi connectivity index (χ2v) is 7.61. The van der Waals surface area contributed by atoms with Crippen molar-refractivity contribution in [1.29, 1.82) is 0 Å². The summed E-state index contributed by atoms with van der Waals surface area (Å²) in [5.74, 6) is 0.124. The van der Waals surface area contributed by atoms with Gasteiger partial charge in [-0.25, -0.2) is 0 Å². The Hall–Kier alpha value is -0.770. The average Bonchev–Trinajstić information content (AvgIpc) is 2.80. The van der Waals surface area contributed by atoms with Crippen LogP contribution >= 0.6 is 23.2 Å². The van der Waals surface area contributed by atoms with Gasteiger partial charge < -0.3 is 9.64 Å². The fourth-order valence-electron chi connectivity index (χ4n) is 4.26. The van der Waals surface area contributed by atoms with Crippen molar-refractivity contribution in [2.24, 2.45) is 11.3 Å². The number of hydrogen-bond donors (Lipinski definition) is 0. The lowest BCUT2D eigenvalue weighted by molar-refractivity contribution is -0.139. The summed E-state index contributed by atoms with van der Waals surface area (Å²) < 4.78 is 4.94. The molecule has 112 valence electrons. The highest BCUT2D eigenvalue weighted by molar-refractivity contribution is 6.53. The number of rotatable bonds is 2. The molecular formula is C16H17Cl2NO2. The maximum atomic E-state index is 13.0. The quantitative estimate of drug-likeness (QED) is 0.779. The highest BCUT2D eigenvalue weighted by Crippen LogP contribution is 2.76. The predicted molar refractivity (Wildman–Crippen MR) is 81.0 cm³/mol. The molecule has 2 saturated heterocycles. The molecule has 1 spiro atoms. The van der Waals surface area contributed by atoms with Crippen LogP contribution < -0.4 is 0 Å². The number of halogens is 2. The Balaban J connectivity index is 1.68. The third-order valence-electron chi connectivity index (χ3n) is 5.30. The highest BCUT2D eigenvalue weighted by atomic mass is 35.5. The second-order valence-electron chi connectivity index (χ2n) is 6.22. The van der Waals surface area contributed by atoms with Crippen molar-refractivity contribution in [2.75, 3.05) is 6.61 Å². The maximum Gasteiger partial charge on any atom is 0.234 e. The smallest absolute Gasteiger partial charge is 0.234 e. The summed E-state index contributed by atoms with van der Waals surface area (Å²) in [5, 5.41) is 0. The first-order valence-electron chi connectivity index (χ1n) is 7.41. The third-order valence-corrected chi connectivity index (χ3v) is 6.50. The minimum Gasteiger partial charge on any atom is -0.352 e. The zero-order chi connectivity index (χ0) is 14.8. The second kappa shape index (κ2) is 4.37. The molecule has 1 aliphatic carbocycles. The number of benzene rings is 1. The predicted octanol–water partition coefficient (Wildman–Crippen LogP) is 3.52. The molecule has 5 heteroatoms. The van der Waals surface area contributed by atoms with Crippen molar-refractivity contribution in [3.63, 3.8) is 0 Å². The first-order valence-corrected chi connectivity index (χ1v) is 8.16. The molecule has 0 aromatic heterocycles. The molecule has 0 radical (unpaired) electrons. The third kappa shape index (κ3) is 1.57. The summed E-state index contributed by atoms with van der Waals surface area (Å²) in [6.45, 7) is 2.61. The summed E-state index contributed by atoms with van der Waals surface area (Å²) in [6.07, 6.45) is 1.24. The van der Waals surface area contributed by atoms with Gasteiger partial charge in [-0.2, -0.15) is 0 Å². The van der Waals surface area contributed by atoms with Gasteiger partial charge in [0.05, 0.1) is 18.1 Å². The van der Waals surface area contributed by atoms with Crippen molar-refractivity contribution < 1.29 is 9.53 Å². The Morgan fingerprint density at radius 3 is 2.67 bits per heavy atom. The fraction of sp³-hybridized carbons (Fsp3) is 0.562. The lowest BCUT2D eigenvalue weighted by Gasteiger charge is -2.23. The van der Waals surface area contributed by atoms with E-state index in [9.17, 15) is 4.79 Å². The number of nitrogens with zero attached hydrogens (tertiary/aromatic N) is 1. The van der Waals surface area contributed by atoms with E-state index >= 15 is 0 Å². The molecule has 4 atom stereocenters. The van der Waals surface area contributed by atoms with Crippen LogP contribution in [0.4, 0.5) is 0 Å². The first kappa shape index (κ1) is 13.9. The van der Waals surface area contributed by atoms with Crippen LogP contribution in [0.25, 0.3) is 0 Å². The van der Waals surface area contributed by atoms with Gasteiger partial charge in [-0.15, -0.1) is 23.2 Å². The molecule has 21 heavy (non-hydrogen) atoms. The molecule has 4 rings (SSSR count). The summed E-state index contributed by atoms with van der Waals surface area (Å²) in [5.41, 5.74) is 0.417. The maximum absolute atomic E-state index is 13.0. The molecule has 1 saturated carbocycles. The average molecular weight is 326 g/mol. The van der Waals surface area contributed by atoms with E-state index in [0.29, 0.717) is 13.0 Å². The summed E-state index contributed by atoms with van der Waals surface area (Å²) in [7, 11) is 0. The van der Waals surface area contributed by atoms with Gasteiger partial charge in [0.2, 0.25) is 5.91 Å². The molecular weight excluding hydrogens is 309 g/mol. The van der Waals surface area contributed by atoms with Gasteiger partial charge in [-0.1, -0.05) is 37.3 Å². The van der Waals surface area contributed by atoms with Crippen molar-refractivity contribution >= 4 is 29.1 Å². The summed E-state index contributed by atoms with van der Waals surface area (Å²) in [6, 6.07) is 9.95. The van der Waals surface area contributed by atoms with Crippen LogP contribution in [0.2, 0.25) is 0 Å². The van der Waals surface area contributed by atoms with Crippen LogP contribution in [0.3, 0.4) is 0 Å². The summed E-state index contributed by atoms with van der Waals surface area (Å²) in [4.78, 5) is 14.9. The molecule has 1 aromatic carbocycles. The van der Waals surface area contributed by atoms with Gasteiger partial charge >= 0.3 is 0 Å². The molecule has 2 aliphatic heterocycles. The number of alkyl halides is 2. The van der Waals surface area contributed by atoms with Crippen LogP contribution in [0.15, 0.2) is 30.3 Å². The largest absolute Gasteiger partial charge is 0.352 e. The molecule has 2 unspecified atom stereocenters. The lowest BCUT2D eigenvalue weighted by atomic mass is 9.98. The molecule has 3 nitrogen and oxygen atoms in total. The highest BCUT2D eigenvalue weighted by Gasteiger charge is 2.83. The van der Waals surface area contributed by atoms with E-state index in [-0.39, 0.29) is 24.1 Å². The van der Waals surface area contributed by atoms with E-state index in [0.717, 1.165) is 12.0 Å². The lowest BCUT2D eigenvalue weighted by Crippen LogP contribution is -2.33. The van der Waals surface area contributed by atoms with Crippen LogP contribution in [0.5, 0.6) is 0 Å². The van der Waals surface area contributed by atoms with Crippen molar-refractivity contribution in [3.05, 3.63) is 35.9 Å². The zero-order valence-corrected chi connectivity index (χ0v) is 13.3. The van der Waals surface area contributed by atoms with Crippen LogP contribution in [0, 0.1) is 11.3 Å². The number of carbonyl (C=O) groups excluding carboxylic acids is 1. The first-order chi connectivity index (χ1) is 10.0. The van der Waals surface area contributed by atoms with Crippen molar-refractivity contribution in [2.45, 2.75) is 36.4 Å². The fourth-order valence-corrected chi connectivity index (χ4v) is 5.41. The Morgan fingerprint density at radius 1 is 1.33 bits per heavy atom. The zero-order valence-electron chi connectivity index (χ0n) is 11.8. The topological polar surface area (TPSA) is 29.5 Å². The van der Waals surface area contributed by atoms with Crippen molar-refractivity contribution in [3.8, 4) is 0 Å². The number of fused-ring (bicyclic) bond motifs is 1. The number of amides is 1. The molecule has 2 heterocycles. The van der Waals surface area contributed by atoms with Gasteiger partial charge in [-0.05, 0) is 12.8 Å². The van der Waals surface area contributed by atoms with Gasteiger partial charge in [-0.3, -0.25) is 4.79 Å². The SMILES string of the molecule is CC[C@H]1C(Cl)(Cl)C12CC1CO[C@H](c3ccccc3)N1C2=O. The van der Waals surface area contributed by atoms with Gasteiger partial charge in [0, 0.05) is 11.5 Å². The molecule has 1 amide bonds. The van der Waals surface area contributed by atoms with Crippen LogP contribution in [0.1, 0.15) is 31.6 Å². The summed E-state index contributed by atoms with van der Waals surface area (Å²) >= 11 is 12.9. The molecule has 3 aliphatic rings. The van der Waals surface area contributed by atoms with E-state index in [1.165, 1.54) is 0 Å². The Kier molecular flexibility index (Phi) is 2.89. The number of ether oxygens (including phenoxy) is 1. The molecule has 0 bridgehead atoms. The Morgan fingerprint density at radius 2 is 2.05 bits per heavy atom. The van der Waals surface area contributed by atoms with Crippen LogP contribution in [-0.2, 0) is 9.53 Å². The standard InChI is InChI=1S/C16H17Cl2NO2/c1-2-12-15(16(12,17)18)8-11-9-21-13(19(11)14(15)20)10-6-4-3-5-7-10/h3-7,11-13H,2,8-9H2,1H3/t11?,12-,13-,15?/m1/s1. The normalized spacial score (nSPS) is 39.9. The van der Waals surface area contributed by atoms with Gasteiger partial charge in [0.25, 0.3) is 0 Å². The van der Waals surface area contributed by atoms with E-state index in [4.69, 9.17) is 27.9 Å². The Labute approximate surface area is 134 Å². The number of carbonyl (C=O) groups is 1. The Bertz CT molecular complexity index is 591. The number of hydrogen-bond acceptors (Lipinski definition) is 2. The van der Waals surface area contributed by atoms with E-state index in [2.05, 4.69) is 0 Å². The molecule has 1 aromatic rings. The van der Waals surface area contributed by atoms with Gasteiger partial charge in [0.1, 0.15) is 4.33 Å². The van der Waals surface area contributed by atoms with Crippen LogP contribution in [-0.4, -0.2) is 27.8 Å². The van der Waals surface area contributed by atoms with E-state index in [1.54, 1.807) is 0 Å². The molecule has 0 N–H and O–H groups in total. The van der Waals surface area contributed by atoms with Gasteiger partial charge in [0.15, 0.2) is 6.23 Å². The molecule has 3 fully saturated rings. The van der Waals surface area contributed by atoms with E-state index in [1.807, 2.05) is 42.2 Å².